The van der Waals surface area contributed by atoms with Crippen molar-refractivity contribution in [1.82, 2.24) is 9.97 Å². The van der Waals surface area contributed by atoms with Crippen LogP contribution >= 0.6 is 22.7 Å². The highest BCUT2D eigenvalue weighted by Crippen LogP contribution is 2.30. The molecule has 0 amide bonds. The monoisotopic (exact) mass is 319 g/mol. The molecule has 3 rings (SSSR count). The molecule has 0 aliphatic rings. The fraction of sp³-hybridized carbons (Fsp3) is 0.286. The van der Waals surface area contributed by atoms with Crippen LogP contribution in [0.25, 0.3) is 10.2 Å². The Morgan fingerprint density at radius 3 is 2.90 bits per heavy atom. The van der Waals surface area contributed by atoms with Crippen LogP contribution in [-0.2, 0) is 12.8 Å². The topological polar surface area (TPSA) is 75.9 Å². The summed E-state index contributed by atoms with van der Waals surface area (Å²) in [5.41, 5.74) is 2.54. The van der Waals surface area contributed by atoms with E-state index in [1.165, 1.54) is 9.75 Å². The van der Waals surface area contributed by atoms with E-state index >= 15 is 0 Å². The molecular weight excluding hydrogens is 302 g/mol. The smallest absolute Gasteiger partial charge is 0.240 e. The van der Waals surface area contributed by atoms with E-state index in [0.717, 1.165) is 35.4 Å². The van der Waals surface area contributed by atoms with Gasteiger partial charge in [-0.25, -0.2) is 10.8 Å². The first-order chi connectivity index (χ1) is 10.3. The van der Waals surface area contributed by atoms with Crippen molar-refractivity contribution >= 4 is 44.7 Å². The second-order valence-electron chi connectivity index (χ2n) is 4.58. The molecular formula is C14H17N5S2. The molecule has 3 aromatic rings. The Labute approximate surface area is 131 Å². The number of fused-ring (bicyclic) bond motifs is 1. The van der Waals surface area contributed by atoms with Gasteiger partial charge < -0.3 is 5.32 Å². The van der Waals surface area contributed by atoms with E-state index in [9.17, 15) is 0 Å². The van der Waals surface area contributed by atoms with Crippen LogP contribution < -0.4 is 16.6 Å². The summed E-state index contributed by atoms with van der Waals surface area (Å²) in [4.78, 5) is 12.5. The van der Waals surface area contributed by atoms with Crippen LogP contribution in [0.2, 0.25) is 0 Å². The lowest BCUT2D eigenvalue weighted by atomic mass is 10.3. The van der Waals surface area contributed by atoms with Gasteiger partial charge in [0.25, 0.3) is 0 Å². The van der Waals surface area contributed by atoms with Gasteiger partial charge in [-0.2, -0.15) is 4.98 Å². The van der Waals surface area contributed by atoms with Crippen LogP contribution in [0.15, 0.2) is 23.6 Å². The summed E-state index contributed by atoms with van der Waals surface area (Å²) < 4.78 is 0. The first-order valence-electron chi connectivity index (χ1n) is 6.83. The molecule has 0 atom stereocenters. The maximum absolute atomic E-state index is 5.46. The van der Waals surface area contributed by atoms with E-state index in [2.05, 4.69) is 51.2 Å². The predicted molar refractivity (Wildman–Crippen MR) is 91.1 cm³/mol. The molecule has 0 unspecified atom stereocenters. The highest BCUT2D eigenvalue weighted by molar-refractivity contribution is 7.18. The van der Waals surface area contributed by atoms with Crippen molar-refractivity contribution < 1.29 is 0 Å². The Morgan fingerprint density at radius 2 is 2.19 bits per heavy atom. The average Bonchev–Trinajstić information content (AvgIpc) is 3.15. The zero-order chi connectivity index (χ0) is 14.7. The van der Waals surface area contributed by atoms with Gasteiger partial charge in [0, 0.05) is 16.3 Å². The Balaban J connectivity index is 1.83. The molecule has 110 valence electrons. The number of aryl methyl sites for hydroxylation is 1. The summed E-state index contributed by atoms with van der Waals surface area (Å²) in [6.07, 6.45) is 1.99. The number of hydrazine groups is 1. The van der Waals surface area contributed by atoms with E-state index in [4.69, 9.17) is 5.84 Å². The number of thiophene rings is 2. The summed E-state index contributed by atoms with van der Waals surface area (Å²) in [7, 11) is 0. The molecule has 7 heteroatoms. The third kappa shape index (κ3) is 3.15. The van der Waals surface area contributed by atoms with Crippen molar-refractivity contribution in [2.75, 3.05) is 17.3 Å². The quantitative estimate of drug-likeness (QED) is 0.480. The number of rotatable bonds is 6. The normalized spacial score (nSPS) is 11.0. The third-order valence-electron chi connectivity index (χ3n) is 3.17. The number of hydrogen-bond acceptors (Lipinski definition) is 7. The molecule has 5 nitrogen and oxygen atoms in total. The number of nitrogens with one attached hydrogen (secondary N) is 2. The van der Waals surface area contributed by atoms with Gasteiger partial charge in [0.1, 0.15) is 10.6 Å². The number of hydrogen-bond donors (Lipinski definition) is 3. The largest absolute Gasteiger partial charge is 0.369 e. The maximum Gasteiger partial charge on any atom is 0.240 e. The van der Waals surface area contributed by atoms with Gasteiger partial charge in [-0.3, -0.25) is 5.43 Å². The number of aromatic nitrogens is 2. The molecule has 0 radical (unpaired) electrons. The lowest BCUT2D eigenvalue weighted by Crippen LogP contribution is -2.13. The molecule has 0 saturated heterocycles. The van der Waals surface area contributed by atoms with E-state index in [1.807, 2.05) is 0 Å². The molecule has 0 spiro atoms. The fourth-order valence-corrected chi connectivity index (χ4v) is 3.78. The van der Waals surface area contributed by atoms with Crippen LogP contribution in [0.5, 0.6) is 0 Å². The first-order valence-corrected chi connectivity index (χ1v) is 8.53. The second-order valence-corrected chi connectivity index (χ2v) is 6.73. The van der Waals surface area contributed by atoms with Gasteiger partial charge in [0.15, 0.2) is 0 Å². The zero-order valence-electron chi connectivity index (χ0n) is 11.7. The summed E-state index contributed by atoms with van der Waals surface area (Å²) in [5.74, 6) is 6.76. The molecule has 0 aliphatic carbocycles. The Kier molecular flexibility index (Phi) is 4.33. The van der Waals surface area contributed by atoms with Crippen molar-refractivity contribution in [3.63, 3.8) is 0 Å². The van der Waals surface area contributed by atoms with Gasteiger partial charge in [0.2, 0.25) is 5.95 Å². The number of nitrogens with zero attached hydrogens (tertiary/aromatic N) is 2. The summed E-state index contributed by atoms with van der Waals surface area (Å²) in [5, 5.41) is 6.57. The van der Waals surface area contributed by atoms with Gasteiger partial charge in [0.05, 0.1) is 5.39 Å². The number of anilines is 2. The predicted octanol–water partition coefficient (Wildman–Crippen LogP) is 3.26. The van der Waals surface area contributed by atoms with Crippen molar-refractivity contribution in [3.8, 4) is 0 Å². The SMILES string of the molecule is CCc1cc2c(NCCc3cccs3)nc(NN)nc2s1. The third-order valence-corrected chi connectivity index (χ3v) is 5.27. The van der Waals surface area contributed by atoms with Crippen molar-refractivity contribution in [2.45, 2.75) is 19.8 Å². The minimum absolute atomic E-state index is 0.450. The molecule has 3 heterocycles. The van der Waals surface area contributed by atoms with E-state index in [0.29, 0.717) is 5.95 Å². The molecule has 21 heavy (non-hydrogen) atoms. The van der Waals surface area contributed by atoms with Gasteiger partial charge in [-0.15, -0.1) is 22.7 Å². The maximum atomic E-state index is 5.46. The highest BCUT2D eigenvalue weighted by Gasteiger charge is 2.10. The minimum Gasteiger partial charge on any atom is -0.369 e. The van der Waals surface area contributed by atoms with Gasteiger partial charge in [-0.1, -0.05) is 13.0 Å². The molecule has 0 saturated carbocycles. The molecule has 0 aromatic carbocycles. The van der Waals surface area contributed by atoms with Crippen LogP contribution in [0.3, 0.4) is 0 Å². The van der Waals surface area contributed by atoms with Crippen LogP contribution in [0, 0.1) is 0 Å². The molecule has 4 N–H and O–H groups in total. The standard InChI is InChI=1S/C14H17N5S2/c1-2-9-8-11-12(16-6-5-10-4-3-7-20-10)17-14(19-15)18-13(11)21-9/h3-4,7-8H,2,5-6,15H2,1H3,(H2,16,17,18,19). The number of nitrogens with two attached hydrogens (primary N) is 1. The number of nitrogen functional groups attached to an aromatic ring is 1. The molecule has 0 bridgehead atoms. The van der Waals surface area contributed by atoms with E-state index in [-0.39, 0.29) is 0 Å². The van der Waals surface area contributed by atoms with Crippen LogP contribution in [0.1, 0.15) is 16.7 Å². The lowest BCUT2D eigenvalue weighted by Gasteiger charge is -2.07. The van der Waals surface area contributed by atoms with Crippen LogP contribution in [0.4, 0.5) is 11.8 Å². The molecule has 3 aromatic heterocycles. The van der Waals surface area contributed by atoms with E-state index < -0.39 is 0 Å². The van der Waals surface area contributed by atoms with Crippen LogP contribution in [-0.4, -0.2) is 16.5 Å². The molecule has 0 aliphatic heterocycles. The Morgan fingerprint density at radius 1 is 1.29 bits per heavy atom. The minimum atomic E-state index is 0.450. The average molecular weight is 319 g/mol. The zero-order valence-corrected chi connectivity index (χ0v) is 13.4. The highest BCUT2D eigenvalue weighted by atomic mass is 32.1. The summed E-state index contributed by atoms with van der Waals surface area (Å²) >= 11 is 3.46. The second kappa shape index (κ2) is 6.38. The van der Waals surface area contributed by atoms with Crippen molar-refractivity contribution in [3.05, 3.63) is 33.3 Å². The fourth-order valence-electron chi connectivity index (χ4n) is 2.10. The Bertz CT molecular complexity index is 720. The van der Waals surface area contributed by atoms with Crippen molar-refractivity contribution in [2.24, 2.45) is 5.84 Å². The summed E-state index contributed by atoms with van der Waals surface area (Å²) in [6, 6.07) is 6.38. The Hall–Kier alpha value is -1.70. The first kappa shape index (κ1) is 14.2. The lowest BCUT2D eigenvalue weighted by molar-refractivity contribution is 1.03. The van der Waals surface area contributed by atoms with Crippen molar-refractivity contribution in [1.29, 1.82) is 0 Å². The van der Waals surface area contributed by atoms with E-state index in [1.54, 1.807) is 22.7 Å². The summed E-state index contributed by atoms with van der Waals surface area (Å²) in [6.45, 7) is 2.98. The van der Waals surface area contributed by atoms with Gasteiger partial charge in [-0.05, 0) is 30.4 Å². The van der Waals surface area contributed by atoms with Gasteiger partial charge >= 0.3 is 0 Å². The molecule has 0 fully saturated rings.